The van der Waals surface area contributed by atoms with Crippen molar-refractivity contribution >= 4 is 22.6 Å². The second kappa shape index (κ2) is 6.84. The van der Waals surface area contributed by atoms with Crippen molar-refractivity contribution in [1.82, 2.24) is 5.16 Å². The molecule has 1 aromatic heterocycles. The molecule has 0 saturated heterocycles. The van der Waals surface area contributed by atoms with Crippen molar-refractivity contribution in [1.29, 1.82) is 0 Å². The van der Waals surface area contributed by atoms with Gasteiger partial charge in [-0.2, -0.15) is 0 Å². The molecule has 0 radical (unpaired) electrons. The van der Waals surface area contributed by atoms with E-state index in [-0.39, 0.29) is 12.3 Å². The number of carbonyl (C=O) groups is 1. The van der Waals surface area contributed by atoms with Crippen LogP contribution in [-0.2, 0) is 11.2 Å². The molecule has 0 aliphatic rings. The lowest BCUT2D eigenvalue weighted by Crippen LogP contribution is -2.15. The number of rotatable bonds is 5. The molecular weight excluding hydrogens is 320 g/mol. The summed E-state index contributed by atoms with van der Waals surface area (Å²) < 4.78 is 15.8. The second-order valence-corrected chi connectivity index (χ2v) is 5.88. The first kappa shape index (κ1) is 16.8. The third-order valence-corrected chi connectivity index (χ3v) is 3.98. The predicted octanol–water partition coefficient (Wildman–Crippen LogP) is 3.64. The van der Waals surface area contributed by atoms with Crippen molar-refractivity contribution < 1.29 is 18.8 Å². The number of fused-ring (bicyclic) bond motifs is 1. The maximum absolute atomic E-state index is 12.4. The SMILES string of the molecule is COc1ccc(NC(=O)Cc2noc3cc(C)cc(C)c23)cc1OC. The van der Waals surface area contributed by atoms with E-state index >= 15 is 0 Å². The molecule has 0 aliphatic heterocycles. The Kier molecular flexibility index (Phi) is 4.61. The van der Waals surface area contributed by atoms with Gasteiger partial charge in [0.05, 0.1) is 20.6 Å². The number of hydrogen-bond acceptors (Lipinski definition) is 5. The van der Waals surface area contributed by atoms with E-state index in [9.17, 15) is 4.79 Å². The number of nitrogens with zero attached hydrogens (tertiary/aromatic N) is 1. The summed E-state index contributed by atoms with van der Waals surface area (Å²) in [6.07, 6.45) is 0.130. The first-order valence-corrected chi connectivity index (χ1v) is 7.89. The molecule has 6 nitrogen and oxygen atoms in total. The number of aryl methyl sites for hydroxylation is 2. The topological polar surface area (TPSA) is 73.6 Å². The number of nitrogens with one attached hydrogen (secondary N) is 1. The normalized spacial score (nSPS) is 10.7. The maximum Gasteiger partial charge on any atom is 0.230 e. The van der Waals surface area contributed by atoms with Crippen LogP contribution in [0.3, 0.4) is 0 Å². The van der Waals surface area contributed by atoms with Gasteiger partial charge in [-0.1, -0.05) is 11.2 Å². The van der Waals surface area contributed by atoms with Crippen molar-refractivity contribution in [3.63, 3.8) is 0 Å². The number of hydrogen-bond donors (Lipinski definition) is 1. The Morgan fingerprint density at radius 1 is 1.12 bits per heavy atom. The second-order valence-electron chi connectivity index (χ2n) is 5.88. The Balaban J connectivity index is 1.79. The number of carbonyl (C=O) groups excluding carboxylic acids is 1. The third-order valence-electron chi connectivity index (χ3n) is 3.98. The van der Waals surface area contributed by atoms with Crippen molar-refractivity contribution in [3.8, 4) is 11.5 Å². The molecule has 1 heterocycles. The maximum atomic E-state index is 12.4. The Hall–Kier alpha value is -3.02. The zero-order valence-corrected chi connectivity index (χ0v) is 14.7. The summed E-state index contributed by atoms with van der Waals surface area (Å²) in [5, 5.41) is 7.80. The highest BCUT2D eigenvalue weighted by atomic mass is 16.5. The zero-order chi connectivity index (χ0) is 18.0. The average molecular weight is 340 g/mol. The number of anilines is 1. The molecule has 0 saturated carbocycles. The molecule has 6 heteroatoms. The lowest BCUT2D eigenvalue weighted by Gasteiger charge is -2.10. The van der Waals surface area contributed by atoms with Gasteiger partial charge in [0.2, 0.25) is 5.91 Å². The third kappa shape index (κ3) is 3.42. The van der Waals surface area contributed by atoms with Crippen LogP contribution >= 0.6 is 0 Å². The lowest BCUT2D eigenvalue weighted by molar-refractivity contribution is -0.115. The molecule has 25 heavy (non-hydrogen) atoms. The van der Waals surface area contributed by atoms with Crippen LogP contribution < -0.4 is 14.8 Å². The monoisotopic (exact) mass is 340 g/mol. The minimum atomic E-state index is -0.178. The first-order valence-electron chi connectivity index (χ1n) is 7.89. The van der Waals surface area contributed by atoms with E-state index in [0.29, 0.717) is 28.5 Å². The van der Waals surface area contributed by atoms with Crippen molar-refractivity contribution in [3.05, 3.63) is 47.2 Å². The lowest BCUT2D eigenvalue weighted by atomic mass is 10.0. The van der Waals surface area contributed by atoms with E-state index in [1.807, 2.05) is 19.9 Å². The van der Waals surface area contributed by atoms with Gasteiger partial charge >= 0.3 is 0 Å². The number of amides is 1. The van der Waals surface area contributed by atoms with Crippen molar-refractivity contribution in [2.75, 3.05) is 19.5 Å². The van der Waals surface area contributed by atoms with Crippen LogP contribution in [0.25, 0.3) is 11.0 Å². The van der Waals surface area contributed by atoms with Gasteiger partial charge in [0.25, 0.3) is 0 Å². The van der Waals surface area contributed by atoms with Crippen LogP contribution in [0.2, 0.25) is 0 Å². The summed E-state index contributed by atoms with van der Waals surface area (Å²) in [7, 11) is 3.12. The Labute approximate surface area is 145 Å². The summed E-state index contributed by atoms with van der Waals surface area (Å²) >= 11 is 0. The van der Waals surface area contributed by atoms with E-state index in [1.165, 1.54) is 0 Å². The van der Waals surface area contributed by atoms with Crippen molar-refractivity contribution in [2.24, 2.45) is 0 Å². The Bertz CT molecular complexity index is 931. The van der Waals surface area contributed by atoms with Crippen LogP contribution in [0.15, 0.2) is 34.9 Å². The molecule has 0 fully saturated rings. The van der Waals surface area contributed by atoms with Gasteiger partial charge in [0.15, 0.2) is 17.1 Å². The predicted molar refractivity (Wildman–Crippen MR) is 95.4 cm³/mol. The summed E-state index contributed by atoms with van der Waals surface area (Å²) in [4.78, 5) is 12.4. The number of methoxy groups -OCH3 is 2. The van der Waals surface area contributed by atoms with Gasteiger partial charge < -0.3 is 19.3 Å². The Morgan fingerprint density at radius 3 is 2.60 bits per heavy atom. The van der Waals surface area contributed by atoms with E-state index in [0.717, 1.165) is 16.5 Å². The number of ether oxygens (including phenoxy) is 2. The van der Waals surface area contributed by atoms with Crippen LogP contribution in [0, 0.1) is 13.8 Å². The van der Waals surface area contributed by atoms with Crippen LogP contribution in [0.4, 0.5) is 5.69 Å². The van der Waals surface area contributed by atoms with Gasteiger partial charge in [-0.15, -0.1) is 0 Å². The summed E-state index contributed by atoms with van der Waals surface area (Å²) in [5.74, 6) is 0.981. The summed E-state index contributed by atoms with van der Waals surface area (Å²) in [6, 6.07) is 9.19. The Morgan fingerprint density at radius 2 is 1.88 bits per heavy atom. The zero-order valence-electron chi connectivity index (χ0n) is 14.7. The molecule has 1 N–H and O–H groups in total. The average Bonchev–Trinajstić information content (AvgIpc) is 2.97. The molecule has 0 spiro atoms. The molecule has 3 aromatic rings. The summed E-state index contributed by atoms with van der Waals surface area (Å²) in [5.41, 5.74) is 4.10. The molecule has 2 aromatic carbocycles. The molecule has 0 aliphatic carbocycles. The fourth-order valence-electron chi connectivity index (χ4n) is 2.91. The standard InChI is InChI=1S/C19H20N2O4/c1-11-7-12(2)19-14(21-25-17(19)8-11)10-18(22)20-13-5-6-15(23-3)16(9-13)24-4/h5-9H,10H2,1-4H3,(H,20,22). The number of aromatic nitrogens is 1. The van der Waals surface area contributed by atoms with Gasteiger partial charge in [0, 0.05) is 17.1 Å². The first-order chi connectivity index (χ1) is 12.0. The van der Waals surface area contributed by atoms with E-state index in [1.54, 1.807) is 32.4 Å². The quantitative estimate of drug-likeness (QED) is 0.767. The number of benzene rings is 2. The largest absolute Gasteiger partial charge is 0.493 e. The molecule has 0 unspecified atom stereocenters. The van der Waals surface area contributed by atoms with Gasteiger partial charge in [-0.3, -0.25) is 4.79 Å². The van der Waals surface area contributed by atoms with Gasteiger partial charge in [-0.25, -0.2) is 0 Å². The van der Waals surface area contributed by atoms with Gasteiger partial charge in [0.1, 0.15) is 5.69 Å². The smallest absolute Gasteiger partial charge is 0.230 e. The van der Waals surface area contributed by atoms with Crippen molar-refractivity contribution in [2.45, 2.75) is 20.3 Å². The molecular formula is C19H20N2O4. The van der Waals surface area contributed by atoms with E-state index in [2.05, 4.69) is 16.5 Å². The van der Waals surface area contributed by atoms with E-state index in [4.69, 9.17) is 14.0 Å². The van der Waals surface area contributed by atoms with Gasteiger partial charge in [-0.05, 0) is 43.2 Å². The van der Waals surface area contributed by atoms with Crippen LogP contribution in [-0.4, -0.2) is 25.3 Å². The molecule has 0 bridgehead atoms. The highest BCUT2D eigenvalue weighted by Gasteiger charge is 2.15. The minimum absolute atomic E-state index is 0.130. The van der Waals surface area contributed by atoms with Crippen LogP contribution in [0.1, 0.15) is 16.8 Å². The molecule has 0 atom stereocenters. The summed E-state index contributed by atoms with van der Waals surface area (Å²) in [6.45, 7) is 3.99. The van der Waals surface area contributed by atoms with E-state index < -0.39 is 0 Å². The highest BCUT2D eigenvalue weighted by Crippen LogP contribution is 2.30. The minimum Gasteiger partial charge on any atom is -0.493 e. The fraction of sp³-hybridized carbons (Fsp3) is 0.263. The molecule has 130 valence electrons. The van der Waals surface area contributed by atoms with Crippen LogP contribution in [0.5, 0.6) is 11.5 Å². The molecule has 3 rings (SSSR count). The molecule has 1 amide bonds. The fourth-order valence-corrected chi connectivity index (χ4v) is 2.91. The highest BCUT2D eigenvalue weighted by molar-refractivity contribution is 5.95.